The van der Waals surface area contributed by atoms with E-state index in [0.717, 1.165) is 5.56 Å². The summed E-state index contributed by atoms with van der Waals surface area (Å²) in [5.41, 5.74) is 2.53. The van der Waals surface area contributed by atoms with Gasteiger partial charge < -0.3 is 15.2 Å². The van der Waals surface area contributed by atoms with Gasteiger partial charge in [0, 0.05) is 11.3 Å². The van der Waals surface area contributed by atoms with Gasteiger partial charge in [-0.05, 0) is 36.8 Å². The Kier molecular flexibility index (Phi) is 6.26. The number of methoxy groups -OCH3 is 1. The number of para-hydroxylation sites is 2. The van der Waals surface area contributed by atoms with Crippen molar-refractivity contribution in [1.82, 2.24) is 4.57 Å². The zero-order valence-corrected chi connectivity index (χ0v) is 20.5. The number of amides is 1. The zero-order valence-electron chi connectivity index (χ0n) is 19.6. The van der Waals surface area contributed by atoms with E-state index in [1.807, 2.05) is 48.5 Å². The lowest BCUT2D eigenvalue weighted by molar-refractivity contribution is -0.113. The Balaban J connectivity index is 1.68. The molecule has 1 atom stereocenters. The van der Waals surface area contributed by atoms with Gasteiger partial charge in [-0.15, -0.1) is 0 Å². The summed E-state index contributed by atoms with van der Waals surface area (Å²) in [7, 11) is 1.47. The fourth-order valence-corrected chi connectivity index (χ4v) is 5.28. The maximum absolute atomic E-state index is 13.7. The molecule has 4 aromatic rings. The number of thiazole rings is 1. The lowest BCUT2D eigenvalue weighted by atomic mass is 9.95. The highest BCUT2D eigenvalue weighted by Gasteiger charge is 2.32. The van der Waals surface area contributed by atoms with Crippen LogP contribution < -0.4 is 24.9 Å². The predicted molar refractivity (Wildman–Crippen MR) is 140 cm³/mol. The third-order valence-electron chi connectivity index (χ3n) is 5.95. The molecule has 3 aromatic carbocycles. The van der Waals surface area contributed by atoms with E-state index in [1.165, 1.54) is 18.4 Å². The first-order chi connectivity index (χ1) is 17.5. The first-order valence-electron chi connectivity index (χ1n) is 11.3. The molecule has 36 heavy (non-hydrogen) atoms. The minimum absolute atomic E-state index is 0.0513. The Morgan fingerprint density at radius 1 is 1.06 bits per heavy atom. The normalized spacial score (nSPS) is 15.3. The number of rotatable bonds is 5. The van der Waals surface area contributed by atoms with Gasteiger partial charge >= 0.3 is 0 Å². The van der Waals surface area contributed by atoms with Crippen LogP contribution in [0.5, 0.6) is 11.5 Å². The van der Waals surface area contributed by atoms with E-state index in [9.17, 15) is 14.7 Å². The highest BCUT2D eigenvalue weighted by atomic mass is 32.1. The fourth-order valence-electron chi connectivity index (χ4n) is 4.24. The summed E-state index contributed by atoms with van der Waals surface area (Å²) in [6.07, 6.45) is 1.62. The van der Waals surface area contributed by atoms with E-state index in [1.54, 1.807) is 47.9 Å². The highest BCUT2D eigenvalue weighted by Crippen LogP contribution is 2.31. The van der Waals surface area contributed by atoms with Crippen molar-refractivity contribution in [2.45, 2.75) is 13.0 Å². The van der Waals surface area contributed by atoms with Crippen molar-refractivity contribution in [3.63, 3.8) is 0 Å². The number of phenolic OH excluding ortho intramolecular Hbond substituents is 1. The number of benzene rings is 3. The molecule has 0 saturated carbocycles. The molecule has 8 heteroatoms. The lowest BCUT2D eigenvalue weighted by Crippen LogP contribution is -2.40. The third-order valence-corrected chi connectivity index (χ3v) is 6.93. The molecule has 2 heterocycles. The van der Waals surface area contributed by atoms with Crippen LogP contribution in [-0.2, 0) is 4.79 Å². The quantitative estimate of drug-likeness (QED) is 0.441. The second kappa shape index (κ2) is 9.67. The molecule has 0 aliphatic carbocycles. The average Bonchev–Trinajstić information content (AvgIpc) is 3.19. The molecule has 0 bridgehead atoms. The molecule has 5 rings (SSSR count). The van der Waals surface area contributed by atoms with Crippen molar-refractivity contribution in [3.8, 4) is 11.5 Å². The molecule has 0 fully saturated rings. The summed E-state index contributed by atoms with van der Waals surface area (Å²) >= 11 is 1.21. The molecule has 0 radical (unpaired) electrons. The summed E-state index contributed by atoms with van der Waals surface area (Å²) in [6, 6.07) is 23.0. The highest BCUT2D eigenvalue weighted by molar-refractivity contribution is 7.07. The monoisotopic (exact) mass is 497 g/mol. The van der Waals surface area contributed by atoms with E-state index in [4.69, 9.17) is 4.74 Å². The van der Waals surface area contributed by atoms with Gasteiger partial charge in [-0.3, -0.25) is 14.2 Å². The summed E-state index contributed by atoms with van der Waals surface area (Å²) in [4.78, 5) is 32.3. The van der Waals surface area contributed by atoms with Crippen LogP contribution in [0.15, 0.2) is 99.9 Å². The van der Waals surface area contributed by atoms with Gasteiger partial charge in [0.15, 0.2) is 16.3 Å². The van der Waals surface area contributed by atoms with E-state index < -0.39 is 6.04 Å². The number of allylic oxidation sites excluding steroid dienone is 1. The standard InChI is InChI=1S/C28H23N3O4S/c1-17-23(26(33)30-20-13-7-4-8-14-20)24(18-10-5-3-6-11-18)31-27(34)22(36-28(31)29-17)16-19-12-9-15-21(35-2)25(19)32/h3-16,24,32H,1-2H3,(H,30,33). The first-order valence-corrected chi connectivity index (χ1v) is 12.1. The van der Waals surface area contributed by atoms with Gasteiger partial charge in [0.1, 0.15) is 0 Å². The summed E-state index contributed by atoms with van der Waals surface area (Å²) < 4.78 is 7.13. The molecule has 1 amide bonds. The van der Waals surface area contributed by atoms with Gasteiger partial charge in [-0.1, -0.05) is 72.0 Å². The first kappa shape index (κ1) is 23.3. The number of hydrogen-bond donors (Lipinski definition) is 2. The van der Waals surface area contributed by atoms with Crippen molar-refractivity contribution in [2.24, 2.45) is 4.99 Å². The minimum Gasteiger partial charge on any atom is -0.504 e. The van der Waals surface area contributed by atoms with E-state index >= 15 is 0 Å². The number of nitrogens with one attached hydrogen (secondary N) is 1. The van der Waals surface area contributed by atoms with E-state index in [-0.39, 0.29) is 17.2 Å². The molecule has 1 aliphatic heterocycles. The van der Waals surface area contributed by atoms with Gasteiger partial charge in [-0.2, -0.15) is 0 Å². The van der Waals surface area contributed by atoms with Crippen molar-refractivity contribution in [3.05, 3.63) is 121 Å². The summed E-state index contributed by atoms with van der Waals surface area (Å²) in [5, 5.41) is 13.5. The molecule has 1 aromatic heterocycles. The van der Waals surface area contributed by atoms with Crippen molar-refractivity contribution >= 4 is 29.0 Å². The Labute approximate surface area is 211 Å². The van der Waals surface area contributed by atoms with Crippen molar-refractivity contribution in [2.75, 3.05) is 12.4 Å². The molecule has 0 saturated heterocycles. The number of fused-ring (bicyclic) bond motifs is 1. The van der Waals surface area contributed by atoms with Crippen LogP contribution >= 0.6 is 11.3 Å². The van der Waals surface area contributed by atoms with E-state index in [2.05, 4.69) is 10.3 Å². The number of nitrogens with zero attached hydrogens (tertiary/aromatic N) is 2. The third kappa shape index (κ3) is 4.23. The molecule has 7 nitrogen and oxygen atoms in total. The van der Waals surface area contributed by atoms with Crippen molar-refractivity contribution in [1.29, 1.82) is 0 Å². The van der Waals surface area contributed by atoms with Crippen LogP contribution in [0.4, 0.5) is 5.69 Å². The molecule has 1 unspecified atom stereocenters. The zero-order chi connectivity index (χ0) is 25.2. The number of anilines is 1. The van der Waals surface area contributed by atoms with E-state index in [0.29, 0.717) is 37.6 Å². The molecular formula is C28H23N3O4S. The van der Waals surface area contributed by atoms with Gasteiger partial charge in [0.05, 0.1) is 29.0 Å². The minimum atomic E-state index is -0.660. The summed E-state index contributed by atoms with van der Waals surface area (Å²) in [6.45, 7) is 1.78. The molecular weight excluding hydrogens is 474 g/mol. The van der Waals surface area contributed by atoms with Gasteiger partial charge in [0.2, 0.25) is 0 Å². The fraction of sp³-hybridized carbons (Fsp3) is 0.107. The number of aromatic nitrogens is 1. The number of aromatic hydroxyl groups is 1. The number of carbonyl (C=O) groups is 1. The van der Waals surface area contributed by atoms with Crippen LogP contribution in [0.2, 0.25) is 0 Å². The Morgan fingerprint density at radius 3 is 2.44 bits per heavy atom. The maximum Gasteiger partial charge on any atom is 0.271 e. The Hall–Kier alpha value is -4.43. The smallest absolute Gasteiger partial charge is 0.271 e. The predicted octanol–water partition coefficient (Wildman–Crippen LogP) is 3.59. The largest absolute Gasteiger partial charge is 0.504 e. The molecule has 0 spiro atoms. The molecule has 1 aliphatic rings. The number of ether oxygens (including phenoxy) is 1. The second-order valence-corrected chi connectivity index (χ2v) is 9.22. The van der Waals surface area contributed by atoms with Gasteiger partial charge in [-0.25, -0.2) is 4.99 Å². The lowest BCUT2D eigenvalue weighted by Gasteiger charge is -2.25. The topological polar surface area (TPSA) is 92.9 Å². The van der Waals surface area contributed by atoms with Crippen molar-refractivity contribution < 1.29 is 14.6 Å². The van der Waals surface area contributed by atoms with Gasteiger partial charge in [0.25, 0.3) is 11.5 Å². The number of phenols is 1. The SMILES string of the molecule is COc1cccc(C=c2sc3n(c2=O)C(c2ccccc2)C(C(=O)Nc2ccccc2)=C(C)N=3)c1O. The number of hydrogen-bond acceptors (Lipinski definition) is 6. The second-order valence-electron chi connectivity index (χ2n) is 8.21. The van der Waals surface area contributed by atoms with Crippen LogP contribution in [0, 0.1) is 0 Å². The average molecular weight is 498 g/mol. The Morgan fingerprint density at radius 2 is 1.75 bits per heavy atom. The van der Waals surface area contributed by atoms with Crippen LogP contribution in [0.3, 0.4) is 0 Å². The van der Waals surface area contributed by atoms with Crippen LogP contribution in [0.1, 0.15) is 24.1 Å². The molecule has 180 valence electrons. The molecule has 2 N–H and O–H groups in total. The Bertz CT molecular complexity index is 1650. The van der Waals surface area contributed by atoms with Crippen LogP contribution in [-0.4, -0.2) is 22.7 Å². The summed E-state index contributed by atoms with van der Waals surface area (Å²) in [5.74, 6) is -0.0602. The number of carbonyl (C=O) groups excluding carboxylic acids is 1. The maximum atomic E-state index is 13.7. The van der Waals surface area contributed by atoms with Crippen LogP contribution in [0.25, 0.3) is 6.08 Å².